The van der Waals surface area contributed by atoms with E-state index in [1.165, 1.54) is 12.1 Å². The summed E-state index contributed by atoms with van der Waals surface area (Å²) < 4.78 is 53.0. The summed E-state index contributed by atoms with van der Waals surface area (Å²) in [5.74, 6) is -5.07. The molecule has 0 unspecified atom stereocenters. The van der Waals surface area contributed by atoms with E-state index in [4.69, 9.17) is 5.73 Å². The van der Waals surface area contributed by atoms with Crippen LogP contribution in [0.25, 0.3) is 11.1 Å². The minimum Gasteiger partial charge on any atom is -0.326 e. The largest absolute Gasteiger partial charge is 0.326 e. The van der Waals surface area contributed by atoms with Crippen molar-refractivity contribution in [3.8, 4) is 11.1 Å². The SMILES string of the molecule is NCc1ccc(-c2ccc(F)c(F)c2F)c(F)c1. The lowest BCUT2D eigenvalue weighted by molar-refractivity contribution is 0.448. The lowest BCUT2D eigenvalue weighted by Crippen LogP contribution is -1.99. The highest BCUT2D eigenvalue weighted by atomic mass is 19.2. The molecule has 0 amide bonds. The molecular weight excluding hydrogens is 246 g/mol. The third-order valence-electron chi connectivity index (χ3n) is 2.59. The van der Waals surface area contributed by atoms with Gasteiger partial charge in [0.1, 0.15) is 5.82 Å². The summed E-state index contributed by atoms with van der Waals surface area (Å²) in [5, 5.41) is 0. The summed E-state index contributed by atoms with van der Waals surface area (Å²) in [7, 11) is 0. The number of hydrogen-bond donors (Lipinski definition) is 1. The molecule has 0 spiro atoms. The van der Waals surface area contributed by atoms with E-state index in [2.05, 4.69) is 0 Å². The van der Waals surface area contributed by atoms with Gasteiger partial charge < -0.3 is 5.73 Å². The molecule has 18 heavy (non-hydrogen) atoms. The molecule has 2 rings (SSSR count). The van der Waals surface area contributed by atoms with Crippen molar-refractivity contribution in [2.45, 2.75) is 6.54 Å². The maximum Gasteiger partial charge on any atom is 0.195 e. The Morgan fingerprint density at radius 2 is 1.44 bits per heavy atom. The van der Waals surface area contributed by atoms with E-state index in [0.29, 0.717) is 5.56 Å². The van der Waals surface area contributed by atoms with Crippen molar-refractivity contribution >= 4 is 0 Å². The van der Waals surface area contributed by atoms with E-state index in [1.807, 2.05) is 0 Å². The summed E-state index contributed by atoms with van der Waals surface area (Å²) in [4.78, 5) is 0. The molecule has 94 valence electrons. The second kappa shape index (κ2) is 4.78. The van der Waals surface area contributed by atoms with Crippen LogP contribution in [0, 0.1) is 23.3 Å². The number of hydrogen-bond acceptors (Lipinski definition) is 1. The van der Waals surface area contributed by atoms with Crippen LogP contribution in [0.5, 0.6) is 0 Å². The quantitative estimate of drug-likeness (QED) is 0.646. The van der Waals surface area contributed by atoms with Crippen LogP contribution in [0.4, 0.5) is 17.6 Å². The molecule has 0 saturated carbocycles. The highest BCUT2D eigenvalue weighted by Crippen LogP contribution is 2.28. The van der Waals surface area contributed by atoms with Crippen LogP contribution in [0.1, 0.15) is 5.56 Å². The van der Waals surface area contributed by atoms with Gasteiger partial charge in [-0.2, -0.15) is 0 Å². The van der Waals surface area contributed by atoms with Gasteiger partial charge >= 0.3 is 0 Å². The first-order chi connectivity index (χ1) is 8.54. The van der Waals surface area contributed by atoms with Gasteiger partial charge in [-0.15, -0.1) is 0 Å². The van der Waals surface area contributed by atoms with Crippen molar-refractivity contribution in [2.75, 3.05) is 0 Å². The van der Waals surface area contributed by atoms with E-state index in [9.17, 15) is 17.6 Å². The Kier molecular flexibility index (Phi) is 3.34. The molecule has 0 aliphatic rings. The van der Waals surface area contributed by atoms with E-state index in [-0.39, 0.29) is 17.7 Å². The van der Waals surface area contributed by atoms with Crippen molar-refractivity contribution in [2.24, 2.45) is 5.73 Å². The van der Waals surface area contributed by atoms with Gasteiger partial charge in [0.2, 0.25) is 0 Å². The average molecular weight is 255 g/mol. The van der Waals surface area contributed by atoms with E-state index in [1.54, 1.807) is 0 Å². The smallest absolute Gasteiger partial charge is 0.195 e. The van der Waals surface area contributed by atoms with Gasteiger partial charge in [-0.25, -0.2) is 17.6 Å². The molecule has 0 aromatic heterocycles. The maximum atomic E-state index is 13.7. The molecule has 0 saturated heterocycles. The number of benzene rings is 2. The fourth-order valence-corrected chi connectivity index (χ4v) is 1.64. The van der Waals surface area contributed by atoms with Crippen molar-refractivity contribution in [3.05, 3.63) is 59.2 Å². The van der Waals surface area contributed by atoms with Gasteiger partial charge in [0.25, 0.3) is 0 Å². The number of nitrogens with two attached hydrogens (primary N) is 1. The Morgan fingerprint density at radius 3 is 2.06 bits per heavy atom. The summed E-state index contributed by atoms with van der Waals surface area (Å²) in [6.07, 6.45) is 0. The highest BCUT2D eigenvalue weighted by Gasteiger charge is 2.17. The third-order valence-corrected chi connectivity index (χ3v) is 2.59. The predicted octanol–water partition coefficient (Wildman–Crippen LogP) is 3.37. The molecule has 2 aromatic carbocycles. The molecule has 2 aromatic rings. The number of halogens is 4. The maximum absolute atomic E-state index is 13.7. The summed E-state index contributed by atoms with van der Waals surface area (Å²) in [6.45, 7) is 0.136. The first-order valence-corrected chi connectivity index (χ1v) is 5.17. The molecule has 0 aliphatic carbocycles. The van der Waals surface area contributed by atoms with E-state index in [0.717, 1.165) is 18.2 Å². The standard InChI is InChI=1S/C13H9F4N/c14-10-4-3-9(12(16)13(10)17)8-2-1-7(6-18)5-11(8)15/h1-5H,6,18H2. The Balaban J connectivity index is 2.59. The lowest BCUT2D eigenvalue weighted by Gasteiger charge is -2.07. The van der Waals surface area contributed by atoms with Gasteiger partial charge in [0, 0.05) is 17.7 Å². The topological polar surface area (TPSA) is 26.0 Å². The Hall–Kier alpha value is -1.88. The molecule has 0 heterocycles. The van der Waals surface area contributed by atoms with Gasteiger partial charge in [0.05, 0.1) is 0 Å². The number of rotatable bonds is 2. The summed E-state index contributed by atoms with van der Waals surface area (Å²) in [5.41, 5.74) is 5.40. The molecule has 0 bridgehead atoms. The van der Waals surface area contributed by atoms with Crippen LogP contribution < -0.4 is 5.73 Å². The van der Waals surface area contributed by atoms with Gasteiger partial charge in [-0.05, 0) is 23.8 Å². The minimum absolute atomic E-state index is 0.136. The second-order valence-electron chi connectivity index (χ2n) is 3.74. The zero-order valence-electron chi connectivity index (χ0n) is 9.18. The fourth-order valence-electron chi connectivity index (χ4n) is 1.64. The molecule has 0 fully saturated rings. The zero-order chi connectivity index (χ0) is 13.3. The Labute approximate surface area is 101 Å². The average Bonchev–Trinajstić information content (AvgIpc) is 2.37. The third kappa shape index (κ3) is 2.09. The van der Waals surface area contributed by atoms with Crippen LogP contribution in [-0.4, -0.2) is 0 Å². The van der Waals surface area contributed by atoms with E-state index >= 15 is 0 Å². The Bertz CT molecular complexity index is 596. The second-order valence-corrected chi connectivity index (χ2v) is 3.74. The van der Waals surface area contributed by atoms with E-state index < -0.39 is 23.3 Å². The molecule has 2 N–H and O–H groups in total. The van der Waals surface area contributed by atoms with Gasteiger partial charge in [-0.1, -0.05) is 12.1 Å². The van der Waals surface area contributed by atoms with Crippen molar-refractivity contribution in [1.82, 2.24) is 0 Å². The minimum atomic E-state index is -1.62. The molecule has 1 nitrogen and oxygen atoms in total. The predicted molar refractivity (Wildman–Crippen MR) is 59.6 cm³/mol. The van der Waals surface area contributed by atoms with Crippen LogP contribution in [0.3, 0.4) is 0 Å². The monoisotopic (exact) mass is 255 g/mol. The Morgan fingerprint density at radius 1 is 0.778 bits per heavy atom. The molecule has 0 aliphatic heterocycles. The van der Waals surface area contributed by atoms with Crippen molar-refractivity contribution in [3.63, 3.8) is 0 Å². The van der Waals surface area contributed by atoms with Gasteiger partial charge in [0.15, 0.2) is 17.5 Å². The molecule has 0 atom stereocenters. The van der Waals surface area contributed by atoms with Crippen LogP contribution in [0.2, 0.25) is 0 Å². The van der Waals surface area contributed by atoms with Crippen LogP contribution in [0.15, 0.2) is 30.3 Å². The van der Waals surface area contributed by atoms with Crippen LogP contribution >= 0.6 is 0 Å². The highest BCUT2D eigenvalue weighted by molar-refractivity contribution is 5.65. The van der Waals surface area contributed by atoms with Gasteiger partial charge in [-0.3, -0.25) is 0 Å². The van der Waals surface area contributed by atoms with Crippen molar-refractivity contribution in [1.29, 1.82) is 0 Å². The first kappa shape index (κ1) is 12.6. The lowest BCUT2D eigenvalue weighted by atomic mass is 10.0. The molecule has 0 radical (unpaired) electrons. The first-order valence-electron chi connectivity index (χ1n) is 5.17. The zero-order valence-corrected chi connectivity index (χ0v) is 9.18. The normalized spacial score (nSPS) is 10.7. The fraction of sp³-hybridized carbons (Fsp3) is 0.0769. The molecular formula is C13H9F4N. The summed E-state index contributed by atoms with van der Waals surface area (Å²) >= 11 is 0. The van der Waals surface area contributed by atoms with Crippen molar-refractivity contribution < 1.29 is 17.6 Å². The molecule has 5 heteroatoms. The summed E-state index contributed by atoms with van der Waals surface area (Å²) in [6, 6.07) is 5.67. The van der Waals surface area contributed by atoms with Crippen LogP contribution in [-0.2, 0) is 6.54 Å².